The quantitative estimate of drug-likeness (QED) is 0.562. The molecule has 0 fully saturated rings. The Morgan fingerprint density at radius 3 is 2.33 bits per heavy atom. The fourth-order valence-electron chi connectivity index (χ4n) is 2.80. The summed E-state index contributed by atoms with van der Waals surface area (Å²) in [4.78, 5) is 11.6. The molecule has 0 unspecified atom stereocenters. The van der Waals surface area contributed by atoms with Gasteiger partial charge in [-0.25, -0.2) is 4.79 Å². The van der Waals surface area contributed by atoms with E-state index in [-0.39, 0.29) is 5.56 Å². The van der Waals surface area contributed by atoms with Crippen LogP contribution >= 0.6 is 0 Å². The molecule has 0 radical (unpaired) electrons. The number of aromatic carboxylic acids is 1. The lowest BCUT2D eigenvalue weighted by atomic mass is 9.98. The molecular formula is C21H26O3. The first-order valence-corrected chi connectivity index (χ1v) is 8.78. The van der Waals surface area contributed by atoms with Gasteiger partial charge in [0.05, 0.1) is 12.2 Å². The maximum absolute atomic E-state index is 11.6. The van der Waals surface area contributed by atoms with Crippen LogP contribution in [-0.4, -0.2) is 17.7 Å². The van der Waals surface area contributed by atoms with Crippen molar-refractivity contribution in [2.75, 3.05) is 6.61 Å². The molecule has 0 aliphatic heterocycles. The molecule has 3 nitrogen and oxygen atoms in total. The molecule has 128 valence electrons. The van der Waals surface area contributed by atoms with Crippen LogP contribution in [0.1, 0.15) is 55.8 Å². The smallest absolute Gasteiger partial charge is 0.336 e. The van der Waals surface area contributed by atoms with Gasteiger partial charge in [0.25, 0.3) is 0 Å². The first kappa shape index (κ1) is 18.1. The standard InChI is InChI=1S/C21H26O3/c1-2-3-4-5-6-10-16-24-19-15-11-14-18(21(22)23)20(19)17-12-8-7-9-13-17/h7-9,11-15H,2-6,10,16H2,1H3,(H,22,23). The van der Waals surface area contributed by atoms with E-state index in [1.807, 2.05) is 36.4 Å². The number of hydrogen-bond donors (Lipinski definition) is 1. The highest BCUT2D eigenvalue weighted by molar-refractivity contribution is 5.98. The van der Waals surface area contributed by atoms with Crippen molar-refractivity contribution in [3.05, 3.63) is 54.1 Å². The summed E-state index contributed by atoms with van der Waals surface area (Å²) < 4.78 is 5.93. The molecule has 24 heavy (non-hydrogen) atoms. The Morgan fingerprint density at radius 1 is 0.917 bits per heavy atom. The number of benzene rings is 2. The van der Waals surface area contributed by atoms with Gasteiger partial charge in [0.2, 0.25) is 0 Å². The Hall–Kier alpha value is -2.29. The van der Waals surface area contributed by atoms with Crippen molar-refractivity contribution in [3.63, 3.8) is 0 Å². The van der Waals surface area contributed by atoms with Crippen molar-refractivity contribution < 1.29 is 14.6 Å². The molecule has 0 saturated heterocycles. The summed E-state index contributed by atoms with van der Waals surface area (Å²) in [6.07, 6.45) is 7.20. The van der Waals surface area contributed by atoms with Crippen LogP contribution in [0, 0.1) is 0 Å². The van der Waals surface area contributed by atoms with Crippen molar-refractivity contribution in [1.29, 1.82) is 0 Å². The van der Waals surface area contributed by atoms with Gasteiger partial charge in [-0.15, -0.1) is 0 Å². The molecule has 2 aromatic rings. The summed E-state index contributed by atoms with van der Waals surface area (Å²) >= 11 is 0. The second-order valence-corrected chi connectivity index (χ2v) is 5.97. The minimum atomic E-state index is -0.932. The van der Waals surface area contributed by atoms with Crippen molar-refractivity contribution in [1.82, 2.24) is 0 Å². The first-order chi connectivity index (χ1) is 11.7. The number of hydrogen-bond acceptors (Lipinski definition) is 2. The maximum atomic E-state index is 11.6. The highest BCUT2D eigenvalue weighted by Gasteiger charge is 2.16. The van der Waals surface area contributed by atoms with Crippen LogP contribution < -0.4 is 4.74 Å². The van der Waals surface area contributed by atoms with Crippen LogP contribution in [0.15, 0.2) is 48.5 Å². The normalized spacial score (nSPS) is 10.5. The lowest BCUT2D eigenvalue weighted by molar-refractivity contribution is 0.0697. The number of carboxylic acids is 1. The zero-order chi connectivity index (χ0) is 17.2. The van der Waals surface area contributed by atoms with Gasteiger partial charge in [-0.1, -0.05) is 75.4 Å². The van der Waals surface area contributed by atoms with E-state index >= 15 is 0 Å². The van der Waals surface area contributed by atoms with E-state index in [9.17, 15) is 9.90 Å². The van der Waals surface area contributed by atoms with Crippen LogP contribution in [0.2, 0.25) is 0 Å². The van der Waals surface area contributed by atoms with Crippen molar-refractivity contribution in [2.24, 2.45) is 0 Å². The predicted molar refractivity (Wildman–Crippen MR) is 97.7 cm³/mol. The van der Waals surface area contributed by atoms with Crippen LogP contribution in [-0.2, 0) is 0 Å². The molecule has 0 aliphatic carbocycles. The highest BCUT2D eigenvalue weighted by atomic mass is 16.5. The Kier molecular flexibility index (Phi) is 7.34. The van der Waals surface area contributed by atoms with Crippen LogP contribution in [0.4, 0.5) is 0 Å². The number of unbranched alkanes of at least 4 members (excludes halogenated alkanes) is 5. The number of carbonyl (C=O) groups is 1. The molecule has 0 spiro atoms. The Labute approximate surface area is 144 Å². The van der Waals surface area contributed by atoms with Gasteiger partial charge in [-0.2, -0.15) is 0 Å². The molecule has 1 N–H and O–H groups in total. The molecule has 0 saturated carbocycles. The fraction of sp³-hybridized carbons (Fsp3) is 0.381. The number of carboxylic acid groups (broad SMARTS) is 1. The van der Waals surface area contributed by atoms with Gasteiger partial charge in [-0.05, 0) is 24.1 Å². The van der Waals surface area contributed by atoms with Gasteiger partial charge in [0, 0.05) is 5.56 Å². The van der Waals surface area contributed by atoms with Crippen molar-refractivity contribution in [2.45, 2.75) is 45.4 Å². The van der Waals surface area contributed by atoms with E-state index in [2.05, 4.69) is 6.92 Å². The minimum absolute atomic E-state index is 0.279. The van der Waals surface area contributed by atoms with E-state index in [0.29, 0.717) is 17.9 Å². The minimum Gasteiger partial charge on any atom is -0.493 e. The molecular weight excluding hydrogens is 300 g/mol. The van der Waals surface area contributed by atoms with E-state index < -0.39 is 5.97 Å². The highest BCUT2D eigenvalue weighted by Crippen LogP contribution is 2.33. The molecule has 0 amide bonds. The monoisotopic (exact) mass is 326 g/mol. The molecule has 0 atom stereocenters. The number of rotatable bonds is 10. The van der Waals surface area contributed by atoms with Crippen LogP contribution in [0.3, 0.4) is 0 Å². The molecule has 0 bridgehead atoms. The first-order valence-electron chi connectivity index (χ1n) is 8.78. The summed E-state index contributed by atoms with van der Waals surface area (Å²) in [6.45, 7) is 2.83. The van der Waals surface area contributed by atoms with Gasteiger partial charge in [-0.3, -0.25) is 0 Å². The summed E-state index contributed by atoms with van der Waals surface area (Å²) in [5.41, 5.74) is 1.81. The van der Waals surface area contributed by atoms with Gasteiger partial charge < -0.3 is 9.84 Å². The molecule has 0 aliphatic rings. The Morgan fingerprint density at radius 2 is 1.62 bits per heavy atom. The summed E-state index contributed by atoms with van der Waals surface area (Å²) in [6, 6.07) is 14.8. The topological polar surface area (TPSA) is 46.5 Å². The summed E-state index contributed by atoms with van der Waals surface area (Å²) in [7, 11) is 0. The Bertz CT molecular complexity index is 635. The third kappa shape index (κ3) is 5.12. The summed E-state index contributed by atoms with van der Waals surface area (Å²) in [5, 5.41) is 9.49. The average molecular weight is 326 g/mol. The fourth-order valence-corrected chi connectivity index (χ4v) is 2.80. The Balaban J connectivity index is 2.07. The van der Waals surface area contributed by atoms with E-state index in [1.165, 1.54) is 25.7 Å². The predicted octanol–water partition coefficient (Wildman–Crippen LogP) is 5.79. The lowest BCUT2D eigenvalue weighted by Gasteiger charge is -2.14. The third-order valence-electron chi connectivity index (χ3n) is 4.07. The molecule has 0 heterocycles. The molecule has 0 aromatic heterocycles. The van der Waals surface area contributed by atoms with Gasteiger partial charge >= 0.3 is 5.97 Å². The molecule has 2 rings (SSSR count). The SMILES string of the molecule is CCCCCCCCOc1cccc(C(=O)O)c1-c1ccccc1. The zero-order valence-electron chi connectivity index (χ0n) is 14.3. The van der Waals surface area contributed by atoms with Crippen molar-refractivity contribution in [3.8, 4) is 16.9 Å². The van der Waals surface area contributed by atoms with Gasteiger partial charge in [0.1, 0.15) is 5.75 Å². The maximum Gasteiger partial charge on any atom is 0.336 e. The van der Waals surface area contributed by atoms with E-state index in [4.69, 9.17) is 4.74 Å². The van der Waals surface area contributed by atoms with Crippen molar-refractivity contribution >= 4 is 5.97 Å². The summed E-state index contributed by atoms with van der Waals surface area (Å²) in [5.74, 6) is -0.284. The second kappa shape index (κ2) is 9.76. The number of ether oxygens (including phenoxy) is 1. The van der Waals surface area contributed by atoms with Crippen LogP contribution in [0.5, 0.6) is 5.75 Å². The average Bonchev–Trinajstić information content (AvgIpc) is 2.61. The third-order valence-corrected chi connectivity index (χ3v) is 4.07. The molecule has 2 aromatic carbocycles. The lowest BCUT2D eigenvalue weighted by Crippen LogP contribution is -2.04. The molecule has 3 heteroatoms. The van der Waals surface area contributed by atoms with E-state index in [0.717, 1.165) is 18.4 Å². The largest absolute Gasteiger partial charge is 0.493 e. The second-order valence-electron chi connectivity index (χ2n) is 5.97. The van der Waals surface area contributed by atoms with E-state index in [1.54, 1.807) is 12.1 Å². The van der Waals surface area contributed by atoms with Crippen LogP contribution in [0.25, 0.3) is 11.1 Å². The zero-order valence-corrected chi connectivity index (χ0v) is 14.3. The van der Waals surface area contributed by atoms with Gasteiger partial charge in [0.15, 0.2) is 0 Å².